The Morgan fingerprint density at radius 1 is 0.738 bits per heavy atom. The van der Waals surface area contributed by atoms with Crippen molar-refractivity contribution < 1.29 is 24.3 Å². The number of carbonyl (C=O) groups excluding carboxylic acids is 3. The number of carboxylic acids is 1. The van der Waals surface area contributed by atoms with Gasteiger partial charge in [-0.3, -0.25) is 14.4 Å². The highest BCUT2D eigenvalue weighted by molar-refractivity contribution is 5.95. The minimum atomic E-state index is -1.15. The van der Waals surface area contributed by atoms with E-state index in [0.717, 1.165) is 22.0 Å². The van der Waals surface area contributed by atoms with E-state index < -0.39 is 47.9 Å². The summed E-state index contributed by atoms with van der Waals surface area (Å²) in [7, 11) is 0. The van der Waals surface area contributed by atoms with Gasteiger partial charge in [-0.2, -0.15) is 0 Å². The number of carboxylic acid groups (broad SMARTS) is 1. The van der Waals surface area contributed by atoms with Gasteiger partial charge in [0, 0.05) is 29.9 Å². The SMILES string of the molecule is CC(C)CC(N)C(=O)NC(Cc1c[nH]c2ccccc12)C(=O)NC(Cc1ccccc1)C(=O)NC(CC(C)C)C(=O)O. The molecule has 0 spiro atoms. The molecule has 42 heavy (non-hydrogen) atoms. The van der Waals surface area contributed by atoms with Gasteiger partial charge in [0.1, 0.15) is 18.1 Å². The Hall–Kier alpha value is -4.18. The van der Waals surface area contributed by atoms with E-state index in [2.05, 4.69) is 20.9 Å². The van der Waals surface area contributed by atoms with Crippen molar-refractivity contribution in [3.8, 4) is 0 Å². The fourth-order valence-corrected chi connectivity index (χ4v) is 4.92. The van der Waals surface area contributed by atoms with Crippen LogP contribution in [-0.2, 0) is 32.0 Å². The third-order valence-corrected chi connectivity index (χ3v) is 7.03. The van der Waals surface area contributed by atoms with Gasteiger partial charge in [-0.05, 0) is 41.9 Å². The molecule has 226 valence electrons. The lowest BCUT2D eigenvalue weighted by molar-refractivity contribution is -0.142. The molecule has 0 fully saturated rings. The van der Waals surface area contributed by atoms with E-state index in [1.807, 2.05) is 82.3 Å². The largest absolute Gasteiger partial charge is 0.480 e. The van der Waals surface area contributed by atoms with Crippen LogP contribution in [-0.4, -0.2) is 57.9 Å². The zero-order chi connectivity index (χ0) is 30.8. The maximum Gasteiger partial charge on any atom is 0.326 e. The van der Waals surface area contributed by atoms with Crippen LogP contribution in [0.15, 0.2) is 60.8 Å². The number of amides is 3. The van der Waals surface area contributed by atoms with Gasteiger partial charge in [-0.1, -0.05) is 76.2 Å². The Labute approximate surface area is 246 Å². The zero-order valence-electron chi connectivity index (χ0n) is 24.7. The van der Waals surface area contributed by atoms with Crippen LogP contribution in [0.5, 0.6) is 0 Å². The summed E-state index contributed by atoms with van der Waals surface area (Å²) in [5.41, 5.74) is 8.62. The molecule has 0 bridgehead atoms. The first-order valence-corrected chi connectivity index (χ1v) is 14.4. The van der Waals surface area contributed by atoms with Crippen molar-refractivity contribution in [1.82, 2.24) is 20.9 Å². The number of benzene rings is 2. The molecule has 3 rings (SSSR count). The number of H-pyrrole nitrogens is 1. The second-order valence-electron chi connectivity index (χ2n) is 11.6. The summed E-state index contributed by atoms with van der Waals surface area (Å²) in [4.78, 5) is 55.4. The number of aliphatic carboxylic acids is 1. The standard InChI is InChI=1S/C32H43N5O5/c1-19(2)14-24(33)29(38)35-27(17-22-18-34-25-13-9-8-12-23(22)25)31(40)36-26(16-21-10-6-5-7-11-21)30(39)37-28(32(41)42)15-20(3)4/h5-13,18-20,24,26-28,34H,14-17,33H2,1-4H3,(H,35,38)(H,36,40)(H,37,39)(H,41,42). The van der Waals surface area contributed by atoms with E-state index in [9.17, 15) is 24.3 Å². The molecule has 0 aliphatic carbocycles. The molecule has 0 radical (unpaired) electrons. The zero-order valence-corrected chi connectivity index (χ0v) is 24.7. The second kappa shape index (κ2) is 15.2. The summed E-state index contributed by atoms with van der Waals surface area (Å²) in [5, 5.41) is 18.8. The van der Waals surface area contributed by atoms with Crippen LogP contribution in [0.25, 0.3) is 10.9 Å². The van der Waals surface area contributed by atoms with Gasteiger partial charge in [0.15, 0.2) is 0 Å². The van der Waals surface area contributed by atoms with Crippen LogP contribution in [0.1, 0.15) is 51.7 Å². The molecule has 10 nitrogen and oxygen atoms in total. The number of aromatic nitrogens is 1. The molecule has 4 unspecified atom stereocenters. The summed E-state index contributed by atoms with van der Waals surface area (Å²) in [5.74, 6) is -2.59. The lowest BCUT2D eigenvalue weighted by atomic mass is 9.99. The Bertz CT molecular complexity index is 1350. The summed E-state index contributed by atoms with van der Waals surface area (Å²) in [6.45, 7) is 7.65. The van der Waals surface area contributed by atoms with E-state index >= 15 is 0 Å². The molecular formula is C32H43N5O5. The van der Waals surface area contributed by atoms with Crippen molar-refractivity contribution in [2.75, 3.05) is 0 Å². The van der Waals surface area contributed by atoms with E-state index in [1.165, 1.54) is 0 Å². The van der Waals surface area contributed by atoms with E-state index in [0.29, 0.717) is 6.42 Å². The average molecular weight is 578 g/mol. The van der Waals surface area contributed by atoms with Crippen LogP contribution < -0.4 is 21.7 Å². The van der Waals surface area contributed by atoms with Gasteiger partial charge < -0.3 is 31.8 Å². The predicted molar refractivity (Wildman–Crippen MR) is 162 cm³/mol. The first kappa shape index (κ1) is 32.3. The number of fused-ring (bicyclic) bond motifs is 1. The number of aromatic amines is 1. The fourth-order valence-electron chi connectivity index (χ4n) is 4.92. The first-order valence-electron chi connectivity index (χ1n) is 14.4. The lowest BCUT2D eigenvalue weighted by Gasteiger charge is -2.26. The molecule has 1 aromatic heterocycles. The van der Waals surface area contributed by atoms with Crippen molar-refractivity contribution in [1.29, 1.82) is 0 Å². The lowest BCUT2D eigenvalue weighted by Crippen LogP contribution is -2.58. The number of para-hydroxylation sites is 1. The quantitative estimate of drug-likeness (QED) is 0.162. The molecule has 0 aliphatic heterocycles. The summed E-state index contributed by atoms with van der Waals surface area (Å²) < 4.78 is 0. The first-order chi connectivity index (χ1) is 19.9. The van der Waals surface area contributed by atoms with E-state index in [4.69, 9.17) is 5.73 Å². The maximum atomic E-state index is 13.8. The van der Waals surface area contributed by atoms with Crippen molar-refractivity contribution in [2.45, 2.75) is 77.5 Å². The number of nitrogens with one attached hydrogen (secondary N) is 4. The van der Waals surface area contributed by atoms with Crippen molar-refractivity contribution in [3.63, 3.8) is 0 Å². The average Bonchev–Trinajstić information content (AvgIpc) is 3.34. The Morgan fingerprint density at radius 3 is 1.90 bits per heavy atom. The van der Waals surface area contributed by atoms with Gasteiger partial charge in [0.25, 0.3) is 0 Å². The van der Waals surface area contributed by atoms with Gasteiger partial charge >= 0.3 is 5.97 Å². The second-order valence-corrected chi connectivity index (χ2v) is 11.6. The minimum Gasteiger partial charge on any atom is -0.480 e. The topological polar surface area (TPSA) is 166 Å². The molecule has 2 aromatic carbocycles. The summed E-state index contributed by atoms with van der Waals surface area (Å²) >= 11 is 0. The number of carbonyl (C=O) groups is 4. The van der Waals surface area contributed by atoms with Crippen LogP contribution in [0.4, 0.5) is 0 Å². The fraction of sp³-hybridized carbons (Fsp3) is 0.438. The molecule has 10 heteroatoms. The van der Waals surface area contributed by atoms with Crippen molar-refractivity contribution >= 4 is 34.6 Å². The number of rotatable bonds is 15. The minimum absolute atomic E-state index is 0.0272. The van der Waals surface area contributed by atoms with Crippen LogP contribution in [0, 0.1) is 11.8 Å². The van der Waals surface area contributed by atoms with E-state index in [1.54, 1.807) is 6.20 Å². The Kier molecular flexibility index (Phi) is 11.7. The molecule has 1 heterocycles. The third-order valence-electron chi connectivity index (χ3n) is 7.03. The summed E-state index contributed by atoms with van der Waals surface area (Å²) in [6, 6.07) is 12.7. The number of hydrogen-bond acceptors (Lipinski definition) is 5. The highest BCUT2D eigenvalue weighted by Crippen LogP contribution is 2.19. The molecule has 0 aliphatic rings. The van der Waals surface area contributed by atoms with Gasteiger partial charge in [0.2, 0.25) is 17.7 Å². The number of hydrogen-bond donors (Lipinski definition) is 6. The van der Waals surface area contributed by atoms with E-state index in [-0.39, 0.29) is 31.1 Å². The smallest absolute Gasteiger partial charge is 0.326 e. The monoisotopic (exact) mass is 577 g/mol. The van der Waals surface area contributed by atoms with Gasteiger partial charge in [-0.15, -0.1) is 0 Å². The molecule has 0 saturated heterocycles. The highest BCUT2D eigenvalue weighted by atomic mass is 16.4. The molecular weight excluding hydrogens is 534 g/mol. The Balaban J connectivity index is 1.89. The number of nitrogens with two attached hydrogens (primary N) is 1. The predicted octanol–water partition coefficient (Wildman–Crippen LogP) is 2.91. The molecule has 4 atom stereocenters. The van der Waals surface area contributed by atoms with Gasteiger partial charge in [0.05, 0.1) is 6.04 Å². The molecule has 0 saturated carbocycles. The van der Waals surface area contributed by atoms with Crippen molar-refractivity contribution in [2.24, 2.45) is 17.6 Å². The normalized spacial score (nSPS) is 14.3. The maximum absolute atomic E-state index is 13.8. The van der Waals surface area contributed by atoms with Crippen LogP contribution in [0.3, 0.4) is 0 Å². The van der Waals surface area contributed by atoms with Gasteiger partial charge in [-0.25, -0.2) is 4.79 Å². The molecule has 3 amide bonds. The summed E-state index contributed by atoms with van der Waals surface area (Å²) in [6.07, 6.45) is 2.76. The Morgan fingerprint density at radius 2 is 1.29 bits per heavy atom. The third kappa shape index (κ3) is 9.44. The highest BCUT2D eigenvalue weighted by Gasteiger charge is 2.31. The molecule has 3 aromatic rings. The molecule has 7 N–H and O–H groups in total. The van der Waals surface area contributed by atoms with Crippen molar-refractivity contribution in [3.05, 3.63) is 71.9 Å². The van der Waals surface area contributed by atoms with Crippen LogP contribution in [0.2, 0.25) is 0 Å². The van der Waals surface area contributed by atoms with Crippen LogP contribution >= 0.6 is 0 Å².